The lowest BCUT2D eigenvalue weighted by Gasteiger charge is -2.17. The number of benzene rings is 2. The summed E-state index contributed by atoms with van der Waals surface area (Å²) in [7, 11) is 1.90. The van der Waals surface area contributed by atoms with Gasteiger partial charge in [0.05, 0.1) is 16.2 Å². The number of nitro groups is 1. The quantitative estimate of drug-likeness (QED) is 0.517. The molecular weight excluding hydrogens is 370 g/mol. The monoisotopic (exact) mass is 391 g/mol. The highest BCUT2D eigenvalue weighted by molar-refractivity contribution is 6.30. The fourth-order valence-corrected chi connectivity index (χ4v) is 2.55. The fourth-order valence-electron chi connectivity index (χ4n) is 2.42. The summed E-state index contributed by atoms with van der Waals surface area (Å²) in [6.07, 6.45) is 0.277. The molecule has 2 aromatic rings. The van der Waals surface area contributed by atoms with Crippen molar-refractivity contribution in [2.45, 2.75) is 13.3 Å². The molecule has 0 aliphatic rings. The van der Waals surface area contributed by atoms with Gasteiger partial charge in [0.2, 0.25) is 5.91 Å². The number of nitrogens with one attached hydrogen (secondary N) is 1. The second-order valence-corrected chi connectivity index (χ2v) is 6.55. The molecule has 27 heavy (non-hydrogen) atoms. The average molecular weight is 392 g/mol. The van der Waals surface area contributed by atoms with E-state index in [1.807, 2.05) is 11.9 Å². The maximum atomic E-state index is 12.1. The van der Waals surface area contributed by atoms with Crippen molar-refractivity contribution in [3.05, 3.63) is 63.2 Å². The summed E-state index contributed by atoms with van der Waals surface area (Å²) < 4.78 is 5.62. The molecule has 0 radical (unpaired) electrons. The number of likely N-dealkylation sites (N-methyl/N-ethyl adjacent to an activating group) is 1. The molecule has 0 saturated carbocycles. The molecule has 1 amide bonds. The fraction of sp³-hybridized carbons (Fsp3) is 0.316. The molecule has 2 rings (SSSR count). The molecule has 0 bridgehead atoms. The smallest absolute Gasteiger partial charge is 0.274 e. The molecule has 1 N–H and O–H groups in total. The Kier molecular flexibility index (Phi) is 7.57. The number of carbonyl (C=O) groups excluding carboxylic acids is 1. The molecule has 0 heterocycles. The zero-order valence-corrected chi connectivity index (χ0v) is 16.0. The number of anilines is 1. The van der Waals surface area contributed by atoms with Crippen molar-refractivity contribution < 1.29 is 14.5 Å². The second-order valence-electron chi connectivity index (χ2n) is 6.11. The minimum absolute atomic E-state index is 0.00994. The van der Waals surface area contributed by atoms with Gasteiger partial charge in [0.25, 0.3) is 5.69 Å². The number of nitrogens with zero attached hydrogens (tertiary/aromatic N) is 2. The largest absolute Gasteiger partial charge is 0.492 e. The van der Waals surface area contributed by atoms with Crippen molar-refractivity contribution in [1.82, 2.24) is 4.90 Å². The third kappa shape index (κ3) is 6.54. The molecule has 7 nitrogen and oxygen atoms in total. The predicted octanol–water partition coefficient (Wildman–Crippen LogP) is 3.90. The Balaban J connectivity index is 1.74. The molecule has 0 saturated heterocycles. The van der Waals surface area contributed by atoms with Crippen molar-refractivity contribution in [2.24, 2.45) is 0 Å². The van der Waals surface area contributed by atoms with Crippen molar-refractivity contribution >= 4 is 28.9 Å². The van der Waals surface area contributed by atoms with Crippen molar-refractivity contribution in [2.75, 3.05) is 32.1 Å². The highest BCUT2D eigenvalue weighted by Crippen LogP contribution is 2.25. The SMILES string of the molecule is Cc1c(NC(=O)CCN(C)CCOc2ccc(Cl)cc2)cccc1[N+](=O)[O-]. The van der Waals surface area contributed by atoms with Gasteiger partial charge in [-0.2, -0.15) is 0 Å². The number of carbonyl (C=O) groups is 1. The molecule has 8 heteroatoms. The van der Waals surface area contributed by atoms with Crippen LogP contribution in [0.4, 0.5) is 11.4 Å². The second kappa shape index (κ2) is 9.89. The number of hydrogen-bond donors (Lipinski definition) is 1. The highest BCUT2D eigenvalue weighted by atomic mass is 35.5. The van der Waals surface area contributed by atoms with Gasteiger partial charge in [-0.3, -0.25) is 14.9 Å². The third-order valence-corrected chi connectivity index (χ3v) is 4.30. The maximum absolute atomic E-state index is 12.1. The molecular formula is C19H22ClN3O4. The molecule has 0 aliphatic heterocycles. The van der Waals surface area contributed by atoms with Gasteiger partial charge >= 0.3 is 0 Å². The normalized spacial score (nSPS) is 10.7. The first-order valence-corrected chi connectivity index (χ1v) is 8.85. The number of hydrogen-bond acceptors (Lipinski definition) is 5. The van der Waals surface area contributed by atoms with Gasteiger partial charge in [-0.1, -0.05) is 17.7 Å². The number of ether oxygens (including phenoxy) is 1. The van der Waals surface area contributed by atoms with Crippen LogP contribution < -0.4 is 10.1 Å². The first-order valence-electron chi connectivity index (χ1n) is 8.47. The zero-order chi connectivity index (χ0) is 19.8. The van der Waals surface area contributed by atoms with Crippen LogP contribution in [0, 0.1) is 17.0 Å². The van der Waals surface area contributed by atoms with Gasteiger partial charge in [0, 0.05) is 30.6 Å². The Morgan fingerprint density at radius 2 is 1.93 bits per heavy atom. The summed E-state index contributed by atoms with van der Waals surface area (Å²) in [5, 5.41) is 14.4. The van der Waals surface area contributed by atoms with Crippen LogP contribution in [0.2, 0.25) is 5.02 Å². The van der Waals surface area contributed by atoms with Gasteiger partial charge in [-0.05, 0) is 44.3 Å². The lowest BCUT2D eigenvalue weighted by molar-refractivity contribution is -0.385. The first kappa shape index (κ1) is 20.7. The van der Waals surface area contributed by atoms with E-state index in [0.29, 0.717) is 36.0 Å². The Bertz CT molecular complexity index is 796. The zero-order valence-electron chi connectivity index (χ0n) is 15.3. The minimum Gasteiger partial charge on any atom is -0.492 e. The Hall–Kier alpha value is -2.64. The van der Waals surface area contributed by atoms with E-state index in [4.69, 9.17) is 16.3 Å². The summed E-state index contributed by atoms with van der Waals surface area (Å²) in [6.45, 7) is 3.31. The molecule has 2 aromatic carbocycles. The van der Waals surface area contributed by atoms with E-state index in [2.05, 4.69) is 5.32 Å². The lowest BCUT2D eigenvalue weighted by atomic mass is 10.1. The Morgan fingerprint density at radius 3 is 2.59 bits per heavy atom. The third-order valence-electron chi connectivity index (χ3n) is 4.05. The van der Waals surface area contributed by atoms with E-state index in [1.165, 1.54) is 6.07 Å². The maximum Gasteiger partial charge on any atom is 0.274 e. The number of rotatable bonds is 9. The molecule has 0 unspecified atom stereocenters. The Labute approximate surface area is 163 Å². The molecule has 0 spiro atoms. The van der Waals surface area contributed by atoms with Crippen LogP contribution >= 0.6 is 11.6 Å². The molecule has 0 aliphatic carbocycles. The van der Waals surface area contributed by atoms with Crippen molar-refractivity contribution in [3.8, 4) is 5.75 Å². The first-order chi connectivity index (χ1) is 12.9. The summed E-state index contributed by atoms with van der Waals surface area (Å²) in [5.41, 5.74) is 0.896. The van der Waals surface area contributed by atoms with E-state index in [9.17, 15) is 14.9 Å². The van der Waals surface area contributed by atoms with Crippen molar-refractivity contribution in [3.63, 3.8) is 0 Å². The molecule has 0 fully saturated rings. The van der Waals surface area contributed by atoms with Crippen LogP contribution in [0.5, 0.6) is 5.75 Å². The standard InChI is InChI=1S/C19H22ClN3O4/c1-14-17(4-3-5-18(14)23(25)26)21-19(24)10-11-22(2)12-13-27-16-8-6-15(20)7-9-16/h3-9H,10-13H2,1-2H3,(H,21,24). The summed E-state index contributed by atoms with van der Waals surface area (Å²) in [6, 6.07) is 11.8. The van der Waals surface area contributed by atoms with E-state index in [1.54, 1.807) is 43.3 Å². The van der Waals surface area contributed by atoms with Crippen LogP contribution in [0.15, 0.2) is 42.5 Å². The van der Waals surface area contributed by atoms with Crippen LogP contribution in [0.3, 0.4) is 0 Å². The van der Waals surface area contributed by atoms with Crippen LogP contribution in [0.25, 0.3) is 0 Å². The van der Waals surface area contributed by atoms with E-state index in [-0.39, 0.29) is 18.0 Å². The number of nitro benzene ring substituents is 1. The lowest BCUT2D eigenvalue weighted by Crippen LogP contribution is -2.28. The van der Waals surface area contributed by atoms with Crippen molar-refractivity contribution in [1.29, 1.82) is 0 Å². The van der Waals surface area contributed by atoms with Gasteiger partial charge in [0.1, 0.15) is 12.4 Å². The van der Waals surface area contributed by atoms with Crippen LogP contribution in [-0.2, 0) is 4.79 Å². The van der Waals surface area contributed by atoms with Crippen LogP contribution in [0.1, 0.15) is 12.0 Å². The van der Waals surface area contributed by atoms with Gasteiger partial charge < -0.3 is 15.0 Å². The van der Waals surface area contributed by atoms with Gasteiger partial charge in [-0.25, -0.2) is 0 Å². The molecule has 0 aromatic heterocycles. The average Bonchev–Trinajstić information content (AvgIpc) is 2.63. The molecule has 144 valence electrons. The van der Waals surface area contributed by atoms with Gasteiger partial charge in [0.15, 0.2) is 0 Å². The Morgan fingerprint density at radius 1 is 1.22 bits per heavy atom. The predicted molar refractivity (Wildman–Crippen MR) is 106 cm³/mol. The van der Waals surface area contributed by atoms with E-state index in [0.717, 1.165) is 5.75 Å². The summed E-state index contributed by atoms with van der Waals surface area (Å²) >= 11 is 5.82. The van der Waals surface area contributed by atoms with Crippen LogP contribution in [-0.4, -0.2) is 42.5 Å². The number of amides is 1. The minimum atomic E-state index is -0.459. The summed E-state index contributed by atoms with van der Waals surface area (Å²) in [5.74, 6) is 0.552. The molecule has 0 atom stereocenters. The van der Waals surface area contributed by atoms with E-state index < -0.39 is 4.92 Å². The van der Waals surface area contributed by atoms with E-state index >= 15 is 0 Å². The highest BCUT2D eigenvalue weighted by Gasteiger charge is 2.15. The van der Waals surface area contributed by atoms with Gasteiger partial charge in [-0.15, -0.1) is 0 Å². The summed E-state index contributed by atoms with van der Waals surface area (Å²) in [4.78, 5) is 24.6. The topological polar surface area (TPSA) is 84.7 Å². The number of halogens is 1.